The summed E-state index contributed by atoms with van der Waals surface area (Å²) < 4.78 is 5.72. The molecule has 2 aliphatic rings. The van der Waals surface area contributed by atoms with E-state index in [-0.39, 0.29) is 5.41 Å². The second kappa shape index (κ2) is 3.82. The first kappa shape index (κ1) is 10.4. The molecular weight excluding hydrogens is 176 g/mol. The van der Waals surface area contributed by atoms with E-state index in [0.29, 0.717) is 12.7 Å². The van der Waals surface area contributed by atoms with Crippen LogP contribution in [-0.4, -0.2) is 24.4 Å². The van der Waals surface area contributed by atoms with Crippen molar-refractivity contribution in [1.29, 1.82) is 0 Å². The molecule has 0 aromatic rings. The fraction of sp³-hybridized carbons (Fsp3) is 1.00. The van der Waals surface area contributed by atoms with Gasteiger partial charge in [0.25, 0.3) is 0 Å². The molecule has 3 atom stereocenters. The lowest BCUT2D eigenvalue weighted by Gasteiger charge is -2.42. The quantitative estimate of drug-likeness (QED) is 0.737. The molecule has 0 aromatic carbocycles. The van der Waals surface area contributed by atoms with Crippen molar-refractivity contribution in [3.05, 3.63) is 0 Å². The zero-order valence-corrected chi connectivity index (χ0v) is 9.33. The van der Waals surface area contributed by atoms with Crippen molar-refractivity contribution >= 4 is 0 Å². The Bertz CT molecular complexity index is 202. The Kier molecular flexibility index (Phi) is 2.85. The fourth-order valence-corrected chi connectivity index (χ4v) is 3.17. The van der Waals surface area contributed by atoms with Crippen LogP contribution in [0, 0.1) is 17.3 Å². The fourth-order valence-electron chi connectivity index (χ4n) is 3.17. The standard InChI is InChI=1S/C12H22O2/c1-9(2)10-3-4-11-12(7-10,8-13)5-6-14-11/h9-11,13H,3-8H2,1-2H3. The lowest BCUT2D eigenvalue weighted by molar-refractivity contribution is -0.0381. The van der Waals surface area contributed by atoms with Gasteiger partial charge in [-0.2, -0.15) is 0 Å². The van der Waals surface area contributed by atoms with Gasteiger partial charge in [-0.15, -0.1) is 0 Å². The predicted molar refractivity (Wildman–Crippen MR) is 56.1 cm³/mol. The van der Waals surface area contributed by atoms with Gasteiger partial charge < -0.3 is 9.84 Å². The van der Waals surface area contributed by atoms with Gasteiger partial charge in [0.1, 0.15) is 0 Å². The largest absolute Gasteiger partial charge is 0.396 e. The van der Waals surface area contributed by atoms with E-state index in [1.807, 2.05) is 0 Å². The summed E-state index contributed by atoms with van der Waals surface area (Å²) in [6, 6.07) is 0. The minimum atomic E-state index is 0.118. The highest BCUT2D eigenvalue weighted by molar-refractivity contribution is 4.97. The van der Waals surface area contributed by atoms with Crippen LogP contribution in [0.1, 0.15) is 39.5 Å². The maximum atomic E-state index is 9.57. The van der Waals surface area contributed by atoms with Crippen LogP contribution in [0.15, 0.2) is 0 Å². The van der Waals surface area contributed by atoms with E-state index in [2.05, 4.69) is 13.8 Å². The molecule has 2 rings (SSSR count). The smallest absolute Gasteiger partial charge is 0.0654 e. The SMILES string of the molecule is CC(C)C1CCC2OCCC2(CO)C1. The highest BCUT2D eigenvalue weighted by Crippen LogP contribution is 2.48. The van der Waals surface area contributed by atoms with Crippen molar-refractivity contribution < 1.29 is 9.84 Å². The Morgan fingerprint density at radius 1 is 1.43 bits per heavy atom. The van der Waals surface area contributed by atoms with Crippen LogP contribution in [0.25, 0.3) is 0 Å². The van der Waals surface area contributed by atoms with Crippen molar-refractivity contribution in [2.45, 2.75) is 45.6 Å². The van der Waals surface area contributed by atoms with Gasteiger partial charge in [0.15, 0.2) is 0 Å². The number of fused-ring (bicyclic) bond motifs is 1. The third kappa shape index (κ3) is 1.59. The van der Waals surface area contributed by atoms with Crippen LogP contribution >= 0.6 is 0 Å². The van der Waals surface area contributed by atoms with Gasteiger partial charge in [-0.25, -0.2) is 0 Å². The normalized spacial score (nSPS) is 42.9. The maximum Gasteiger partial charge on any atom is 0.0654 e. The first-order chi connectivity index (χ1) is 6.68. The molecule has 1 saturated carbocycles. The molecule has 0 amide bonds. The van der Waals surface area contributed by atoms with Crippen molar-refractivity contribution in [2.75, 3.05) is 13.2 Å². The molecule has 1 aliphatic heterocycles. The molecule has 2 nitrogen and oxygen atoms in total. The van der Waals surface area contributed by atoms with E-state index >= 15 is 0 Å². The molecule has 1 heterocycles. The molecular formula is C12H22O2. The van der Waals surface area contributed by atoms with Crippen LogP contribution in [-0.2, 0) is 4.74 Å². The van der Waals surface area contributed by atoms with Crippen LogP contribution in [0.3, 0.4) is 0 Å². The van der Waals surface area contributed by atoms with E-state index in [0.717, 1.165) is 31.3 Å². The highest BCUT2D eigenvalue weighted by atomic mass is 16.5. The Balaban J connectivity index is 2.09. The van der Waals surface area contributed by atoms with E-state index in [9.17, 15) is 5.11 Å². The molecule has 0 spiro atoms. The summed E-state index contributed by atoms with van der Waals surface area (Å²) in [5.41, 5.74) is 0.118. The summed E-state index contributed by atoms with van der Waals surface area (Å²) in [6.45, 7) is 5.77. The highest BCUT2D eigenvalue weighted by Gasteiger charge is 2.48. The molecule has 1 N–H and O–H groups in total. The van der Waals surface area contributed by atoms with E-state index in [1.165, 1.54) is 12.8 Å². The Hall–Kier alpha value is -0.0800. The van der Waals surface area contributed by atoms with Gasteiger partial charge in [0.05, 0.1) is 12.7 Å². The number of hydrogen-bond acceptors (Lipinski definition) is 2. The first-order valence-corrected chi connectivity index (χ1v) is 5.90. The van der Waals surface area contributed by atoms with Crippen molar-refractivity contribution in [3.8, 4) is 0 Å². The van der Waals surface area contributed by atoms with Gasteiger partial charge in [-0.3, -0.25) is 0 Å². The summed E-state index contributed by atoms with van der Waals surface area (Å²) in [7, 11) is 0. The van der Waals surface area contributed by atoms with Crippen LogP contribution in [0.5, 0.6) is 0 Å². The molecule has 2 fully saturated rings. The summed E-state index contributed by atoms with van der Waals surface area (Å²) in [6.07, 6.45) is 5.03. The van der Waals surface area contributed by atoms with Crippen molar-refractivity contribution in [1.82, 2.24) is 0 Å². The number of rotatable bonds is 2. The molecule has 0 bridgehead atoms. The molecule has 1 saturated heterocycles. The second-order valence-corrected chi connectivity index (χ2v) is 5.42. The van der Waals surface area contributed by atoms with Crippen LogP contribution in [0.2, 0.25) is 0 Å². The number of hydrogen-bond donors (Lipinski definition) is 1. The molecule has 0 aromatic heterocycles. The molecule has 2 heteroatoms. The zero-order chi connectivity index (χ0) is 10.2. The minimum Gasteiger partial charge on any atom is -0.396 e. The van der Waals surface area contributed by atoms with E-state index in [4.69, 9.17) is 4.74 Å². The predicted octanol–water partition coefficient (Wildman–Crippen LogP) is 2.21. The van der Waals surface area contributed by atoms with Crippen LogP contribution in [0.4, 0.5) is 0 Å². The second-order valence-electron chi connectivity index (χ2n) is 5.42. The van der Waals surface area contributed by atoms with Gasteiger partial charge in [-0.1, -0.05) is 13.8 Å². The molecule has 14 heavy (non-hydrogen) atoms. The molecule has 0 radical (unpaired) electrons. The van der Waals surface area contributed by atoms with Gasteiger partial charge in [0.2, 0.25) is 0 Å². The number of aliphatic hydroxyl groups excluding tert-OH is 1. The number of ether oxygens (including phenoxy) is 1. The topological polar surface area (TPSA) is 29.5 Å². The summed E-state index contributed by atoms with van der Waals surface area (Å²) >= 11 is 0. The molecule has 3 unspecified atom stereocenters. The zero-order valence-electron chi connectivity index (χ0n) is 9.33. The lowest BCUT2D eigenvalue weighted by Crippen LogP contribution is -2.41. The maximum absolute atomic E-state index is 9.57. The third-order valence-electron chi connectivity index (χ3n) is 4.33. The Labute approximate surface area is 86.6 Å². The van der Waals surface area contributed by atoms with E-state index in [1.54, 1.807) is 0 Å². The summed E-state index contributed by atoms with van der Waals surface area (Å²) in [4.78, 5) is 0. The molecule has 1 aliphatic carbocycles. The van der Waals surface area contributed by atoms with E-state index < -0.39 is 0 Å². The Morgan fingerprint density at radius 2 is 2.21 bits per heavy atom. The van der Waals surface area contributed by atoms with Crippen molar-refractivity contribution in [3.63, 3.8) is 0 Å². The van der Waals surface area contributed by atoms with Gasteiger partial charge in [0, 0.05) is 12.0 Å². The summed E-state index contributed by atoms with van der Waals surface area (Å²) in [5.74, 6) is 1.54. The average molecular weight is 198 g/mol. The monoisotopic (exact) mass is 198 g/mol. The Morgan fingerprint density at radius 3 is 2.86 bits per heavy atom. The average Bonchev–Trinajstić information content (AvgIpc) is 2.60. The third-order valence-corrected chi connectivity index (χ3v) is 4.33. The van der Waals surface area contributed by atoms with Crippen LogP contribution < -0.4 is 0 Å². The summed E-state index contributed by atoms with van der Waals surface area (Å²) in [5, 5.41) is 9.57. The van der Waals surface area contributed by atoms with Crippen molar-refractivity contribution in [2.24, 2.45) is 17.3 Å². The lowest BCUT2D eigenvalue weighted by atomic mass is 9.65. The van der Waals surface area contributed by atoms with Gasteiger partial charge >= 0.3 is 0 Å². The first-order valence-electron chi connectivity index (χ1n) is 5.90. The van der Waals surface area contributed by atoms with Gasteiger partial charge in [-0.05, 0) is 37.5 Å². The minimum absolute atomic E-state index is 0.118. The number of aliphatic hydroxyl groups is 1. The molecule has 82 valence electrons.